The molecule has 0 unspecified atom stereocenters. The number of carbonyl (C=O) groups excluding carboxylic acids is 1. The summed E-state index contributed by atoms with van der Waals surface area (Å²) in [6.45, 7) is 0.267. The van der Waals surface area contributed by atoms with Crippen molar-refractivity contribution in [2.75, 3.05) is 14.2 Å². The minimum atomic E-state index is -0.527. The van der Waals surface area contributed by atoms with E-state index in [-0.39, 0.29) is 23.6 Å². The van der Waals surface area contributed by atoms with Gasteiger partial charge in [0.2, 0.25) is 0 Å². The van der Waals surface area contributed by atoms with E-state index < -0.39 is 5.91 Å². The molecule has 0 heterocycles. The van der Waals surface area contributed by atoms with E-state index >= 15 is 0 Å². The molecule has 1 amide bonds. The van der Waals surface area contributed by atoms with Crippen LogP contribution in [0.25, 0.3) is 6.08 Å². The molecule has 0 aliphatic rings. The lowest BCUT2D eigenvalue weighted by atomic mass is 10.1. The number of halogens is 1. The predicted octanol–water partition coefficient (Wildman–Crippen LogP) is 3.24. The number of carbonyl (C=O) groups is 1. The zero-order valence-corrected chi connectivity index (χ0v) is 16.4. The van der Waals surface area contributed by atoms with E-state index in [1.54, 1.807) is 31.4 Å². The maximum absolute atomic E-state index is 12.3. The van der Waals surface area contributed by atoms with Gasteiger partial charge in [-0.15, -0.1) is 0 Å². The first-order valence-electron chi connectivity index (χ1n) is 7.58. The van der Waals surface area contributed by atoms with Crippen molar-refractivity contribution in [3.05, 3.63) is 56.7 Å². The molecule has 0 atom stereocenters. The van der Waals surface area contributed by atoms with Gasteiger partial charge in [-0.3, -0.25) is 4.79 Å². The maximum Gasteiger partial charge on any atom is 0.262 e. The highest BCUT2D eigenvalue weighted by atomic mass is 127. The van der Waals surface area contributed by atoms with Crippen LogP contribution in [0.15, 0.2) is 42.0 Å². The topological polar surface area (TPSA) is 91.6 Å². The smallest absolute Gasteiger partial charge is 0.262 e. The Bertz CT molecular complexity index is 870. The van der Waals surface area contributed by atoms with E-state index in [0.29, 0.717) is 5.56 Å². The molecule has 0 fully saturated rings. The highest BCUT2D eigenvalue weighted by Gasteiger charge is 2.13. The molecule has 0 bridgehead atoms. The van der Waals surface area contributed by atoms with Crippen molar-refractivity contribution in [2.24, 2.45) is 0 Å². The van der Waals surface area contributed by atoms with Crippen LogP contribution in [-0.2, 0) is 11.3 Å². The molecular weight excluding hydrogens is 447 g/mol. The van der Waals surface area contributed by atoms with Gasteiger partial charge in [-0.05, 0) is 58.5 Å². The van der Waals surface area contributed by atoms with Gasteiger partial charge in [0.25, 0.3) is 5.91 Å². The number of aromatic hydroxyl groups is 1. The average molecular weight is 464 g/mol. The summed E-state index contributed by atoms with van der Waals surface area (Å²) in [7, 11) is 3.02. The first kappa shape index (κ1) is 19.6. The minimum Gasteiger partial charge on any atom is -0.504 e. The van der Waals surface area contributed by atoms with E-state index in [0.717, 1.165) is 14.9 Å². The number of ether oxygens (including phenoxy) is 2. The number of phenols is 1. The van der Waals surface area contributed by atoms with E-state index in [4.69, 9.17) is 9.47 Å². The molecular formula is C19H17IN2O4. The molecule has 6 nitrogen and oxygen atoms in total. The number of nitrogens with zero attached hydrogens (tertiary/aromatic N) is 1. The summed E-state index contributed by atoms with van der Waals surface area (Å²) in [5, 5.41) is 22.2. The predicted molar refractivity (Wildman–Crippen MR) is 106 cm³/mol. The molecule has 0 saturated heterocycles. The third-order valence-corrected chi connectivity index (χ3v) is 4.19. The van der Waals surface area contributed by atoms with Crippen LogP contribution in [0, 0.1) is 14.9 Å². The van der Waals surface area contributed by atoms with Gasteiger partial charge in [0.15, 0.2) is 11.5 Å². The van der Waals surface area contributed by atoms with Crippen LogP contribution in [0.1, 0.15) is 11.1 Å². The van der Waals surface area contributed by atoms with Crippen LogP contribution in [0.5, 0.6) is 17.2 Å². The number of hydrogen-bond acceptors (Lipinski definition) is 5. The van der Waals surface area contributed by atoms with Crippen LogP contribution < -0.4 is 14.8 Å². The molecule has 2 aromatic rings. The number of nitriles is 1. The molecule has 2 aromatic carbocycles. The Labute approximate surface area is 165 Å². The number of phenolic OH excluding ortho intramolecular Hbond substituents is 1. The lowest BCUT2D eigenvalue weighted by Gasteiger charge is -2.08. The van der Waals surface area contributed by atoms with Gasteiger partial charge in [0.05, 0.1) is 14.2 Å². The first-order valence-corrected chi connectivity index (χ1v) is 8.65. The summed E-state index contributed by atoms with van der Waals surface area (Å²) < 4.78 is 11.0. The fraction of sp³-hybridized carbons (Fsp3) is 0.158. The van der Waals surface area contributed by atoms with Crippen molar-refractivity contribution < 1.29 is 19.4 Å². The van der Waals surface area contributed by atoms with Crippen molar-refractivity contribution >= 4 is 34.6 Å². The Kier molecular flexibility index (Phi) is 6.86. The lowest BCUT2D eigenvalue weighted by Crippen LogP contribution is -2.23. The fourth-order valence-corrected chi connectivity index (χ4v) is 2.80. The van der Waals surface area contributed by atoms with Gasteiger partial charge in [0.1, 0.15) is 17.4 Å². The molecule has 0 aliphatic carbocycles. The second kappa shape index (κ2) is 9.10. The van der Waals surface area contributed by atoms with E-state index in [1.165, 1.54) is 13.2 Å². The van der Waals surface area contributed by atoms with E-state index in [9.17, 15) is 15.2 Å². The van der Waals surface area contributed by atoms with Gasteiger partial charge in [0, 0.05) is 15.7 Å². The highest BCUT2D eigenvalue weighted by molar-refractivity contribution is 14.1. The molecule has 2 rings (SSSR count). The van der Waals surface area contributed by atoms with Gasteiger partial charge in [-0.2, -0.15) is 5.26 Å². The summed E-state index contributed by atoms with van der Waals surface area (Å²) in [6.07, 6.45) is 1.34. The summed E-state index contributed by atoms with van der Waals surface area (Å²) in [4.78, 5) is 12.3. The van der Waals surface area contributed by atoms with E-state index in [1.807, 2.05) is 18.2 Å². The number of hydrogen-bond donors (Lipinski definition) is 2. The third kappa shape index (κ3) is 4.89. The van der Waals surface area contributed by atoms with Gasteiger partial charge < -0.3 is 19.9 Å². The van der Waals surface area contributed by atoms with Gasteiger partial charge in [-0.1, -0.05) is 12.1 Å². The molecule has 26 heavy (non-hydrogen) atoms. The molecule has 134 valence electrons. The molecule has 0 aromatic heterocycles. The van der Waals surface area contributed by atoms with Crippen LogP contribution in [0.3, 0.4) is 0 Å². The van der Waals surface area contributed by atoms with Crippen LogP contribution >= 0.6 is 22.6 Å². The summed E-state index contributed by atoms with van der Waals surface area (Å²) in [5.74, 6) is 0.351. The monoisotopic (exact) mass is 464 g/mol. The van der Waals surface area contributed by atoms with Crippen molar-refractivity contribution in [1.82, 2.24) is 5.32 Å². The largest absolute Gasteiger partial charge is 0.504 e. The van der Waals surface area contributed by atoms with Crippen molar-refractivity contribution in [1.29, 1.82) is 5.26 Å². The Morgan fingerprint density at radius 2 is 1.96 bits per heavy atom. The van der Waals surface area contributed by atoms with Crippen LogP contribution in [-0.4, -0.2) is 25.2 Å². The molecule has 2 N–H and O–H groups in total. The number of methoxy groups -OCH3 is 2. The SMILES string of the molecule is COc1ccc(CNC(=O)/C(C#N)=C\c2cc(I)cc(OC)c2O)cc1. The normalized spacial score (nSPS) is 10.8. The standard InChI is InChI=1S/C19H17IN2O4/c1-25-16-5-3-12(4-6-16)11-22-19(24)14(10-21)7-13-8-15(20)9-17(26-2)18(13)23/h3-9,23H,11H2,1-2H3,(H,22,24)/b14-7-. The average Bonchev–Trinajstić information content (AvgIpc) is 2.66. The molecule has 0 spiro atoms. The number of nitrogens with one attached hydrogen (secondary N) is 1. The van der Waals surface area contributed by atoms with Gasteiger partial charge >= 0.3 is 0 Å². The molecule has 0 saturated carbocycles. The molecule has 7 heteroatoms. The molecule has 0 radical (unpaired) electrons. The zero-order chi connectivity index (χ0) is 19.1. The number of benzene rings is 2. The Morgan fingerprint density at radius 1 is 1.27 bits per heavy atom. The summed E-state index contributed by atoms with van der Waals surface area (Å²) in [5.41, 5.74) is 1.10. The number of rotatable bonds is 6. The third-order valence-electron chi connectivity index (χ3n) is 3.57. The molecule has 0 aliphatic heterocycles. The Balaban J connectivity index is 2.17. The lowest BCUT2D eigenvalue weighted by molar-refractivity contribution is -0.117. The number of amides is 1. The highest BCUT2D eigenvalue weighted by Crippen LogP contribution is 2.33. The quantitative estimate of drug-likeness (QED) is 0.389. The van der Waals surface area contributed by atoms with E-state index in [2.05, 4.69) is 27.9 Å². The maximum atomic E-state index is 12.3. The van der Waals surface area contributed by atoms with Crippen LogP contribution in [0.2, 0.25) is 0 Å². The van der Waals surface area contributed by atoms with Crippen molar-refractivity contribution in [3.8, 4) is 23.3 Å². The fourth-order valence-electron chi connectivity index (χ4n) is 2.19. The second-order valence-electron chi connectivity index (χ2n) is 5.25. The minimum absolute atomic E-state index is 0.113. The van der Waals surface area contributed by atoms with Crippen molar-refractivity contribution in [3.63, 3.8) is 0 Å². The van der Waals surface area contributed by atoms with Crippen LogP contribution in [0.4, 0.5) is 0 Å². The zero-order valence-electron chi connectivity index (χ0n) is 14.2. The Morgan fingerprint density at radius 3 is 2.54 bits per heavy atom. The summed E-state index contributed by atoms with van der Waals surface area (Å²) >= 11 is 2.06. The van der Waals surface area contributed by atoms with Gasteiger partial charge in [-0.25, -0.2) is 0 Å². The second-order valence-corrected chi connectivity index (χ2v) is 6.49. The first-order chi connectivity index (χ1) is 12.5. The summed E-state index contributed by atoms with van der Waals surface area (Å²) in [6, 6.07) is 12.4. The van der Waals surface area contributed by atoms with Crippen molar-refractivity contribution in [2.45, 2.75) is 6.54 Å². The Hall–Kier alpha value is -2.73.